The van der Waals surface area contributed by atoms with E-state index in [2.05, 4.69) is 5.32 Å². The Morgan fingerprint density at radius 2 is 1.71 bits per heavy atom. The lowest BCUT2D eigenvalue weighted by Gasteiger charge is -2.13. The maximum Gasteiger partial charge on any atom is 0.259 e. The van der Waals surface area contributed by atoms with E-state index in [1.165, 1.54) is 0 Å². The van der Waals surface area contributed by atoms with E-state index in [9.17, 15) is 4.79 Å². The number of amides is 1. The van der Waals surface area contributed by atoms with Crippen LogP contribution in [0.3, 0.4) is 0 Å². The third kappa shape index (κ3) is 5.51. The van der Waals surface area contributed by atoms with Crippen molar-refractivity contribution in [2.75, 3.05) is 5.32 Å². The zero-order chi connectivity index (χ0) is 19.9. The second kappa shape index (κ2) is 9.29. The summed E-state index contributed by atoms with van der Waals surface area (Å²) < 4.78 is 11.5. The van der Waals surface area contributed by atoms with E-state index in [0.29, 0.717) is 28.6 Å². The summed E-state index contributed by atoms with van der Waals surface area (Å²) in [6, 6.07) is 22.0. The van der Waals surface area contributed by atoms with Gasteiger partial charge in [0.1, 0.15) is 18.1 Å². The predicted molar refractivity (Wildman–Crippen MR) is 112 cm³/mol. The lowest BCUT2D eigenvalue weighted by molar-refractivity contribution is 0.102. The molecule has 3 aromatic carbocycles. The van der Waals surface area contributed by atoms with Crippen LogP contribution in [0.4, 0.5) is 5.69 Å². The molecule has 0 radical (unpaired) electrons. The summed E-state index contributed by atoms with van der Waals surface area (Å²) in [5.74, 6) is 0.941. The minimum Gasteiger partial charge on any atom is -0.491 e. The van der Waals surface area contributed by atoms with Gasteiger partial charge in [0.05, 0.1) is 11.7 Å². The quantitative estimate of drug-likeness (QED) is 0.537. The average molecular weight is 396 g/mol. The van der Waals surface area contributed by atoms with Crippen LogP contribution >= 0.6 is 11.6 Å². The molecule has 0 saturated heterocycles. The van der Waals surface area contributed by atoms with E-state index in [4.69, 9.17) is 21.1 Å². The van der Waals surface area contributed by atoms with E-state index >= 15 is 0 Å². The molecular formula is C23H22ClNO3. The van der Waals surface area contributed by atoms with Gasteiger partial charge in [-0.3, -0.25) is 4.79 Å². The second-order valence-corrected chi connectivity index (χ2v) is 7.00. The maximum atomic E-state index is 12.8. The molecule has 5 heteroatoms. The van der Waals surface area contributed by atoms with Crippen LogP contribution < -0.4 is 14.8 Å². The third-order valence-electron chi connectivity index (χ3n) is 3.91. The molecule has 28 heavy (non-hydrogen) atoms. The third-order valence-corrected chi connectivity index (χ3v) is 4.14. The van der Waals surface area contributed by atoms with Gasteiger partial charge in [0, 0.05) is 10.7 Å². The number of hydrogen-bond acceptors (Lipinski definition) is 3. The zero-order valence-electron chi connectivity index (χ0n) is 15.8. The van der Waals surface area contributed by atoms with Crippen LogP contribution in [-0.4, -0.2) is 12.0 Å². The minimum absolute atomic E-state index is 0.0937. The second-order valence-electron chi connectivity index (χ2n) is 6.56. The fourth-order valence-electron chi connectivity index (χ4n) is 2.63. The van der Waals surface area contributed by atoms with Gasteiger partial charge in [-0.2, -0.15) is 0 Å². The van der Waals surface area contributed by atoms with Crippen molar-refractivity contribution in [2.45, 2.75) is 26.6 Å². The fourth-order valence-corrected chi connectivity index (χ4v) is 2.80. The van der Waals surface area contributed by atoms with Crippen LogP contribution in [0.25, 0.3) is 0 Å². The largest absolute Gasteiger partial charge is 0.491 e. The summed E-state index contributed by atoms with van der Waals surface area (Å²) in [5, 5.41) is 3.34. The molecule has 1 amide bonds. The number of nitrogens with one attached hydrogen (secondary N) is 1. The number of rotatable bonds is 7. The van der Waals surface area contributed by atoms with Gasteiger partial charge in [0.2, 0.25) is 0 Å². The van der Waals surface area contributed by atoms with E-state index in [1.807, 2.05) is 56.3 Å². The highest BCUT2D eigenvalue weighted by atomic mass is 35.5. The van der Waals surface area contributed by atoms with E-state index in [-0.39, 0.29) is 12.0 Å². The summed E-state index contributed by atoms with van der Waals surface area (Å²) in [4.78, 5) is 12.8. The molecule has 0 fully saturated rings. The van der Waals surface area contributed by atoms with Crippen LogP contribution in [-0.2, 0) is 6.61 Å². The number of ether oxygens (including phenoxy) is 2. The molecule has 0 aliphatic carbocycles. The first-order valence-electron chi connectivity index (χ1n) is 9.05. The van der Waals surface area contributed by atoms with E-state index < -0.39 is 0 Å². The van der Waals surface area contributed by atoms with Gasteiger partial charge < -0.3 is 14.8 Å². The van der Waals surface area contributed by atoms with Gasteiger partial charge in [0.25, 0.3) is 5.91 Å². The van der Waals surface area contributed by atoms with Crippen molar-refractivity contribution in [3.63, 3.8) is 0 Å². The molecule has 0 aromatic heterocycles. The van der Waals surface area contributed by atoms with Crippen molar-refractivity contribution >= 4 is 23.2 Å². The first-order chi connectivity index (χ1) is 13.5. The molecule has 1 N–H and O–H groups in total. The number of carbonyl (C=O) groups excluding carboxylic acids is 1. The van der Waals surface area contributed by atoms with Crippen molar-refractivity contribution < 1.29 is 14.3 Å². The summed E-state index contributed by atoms with van der Waals surface area (Å²) in [7, 11) is 0. The topological polar surface area (TPSA) is 47.6 Å². The summed E-state index contributed by atoms with van der Waals surface area (Å²) in [6.45, 7) is 4.29. The molecule has 0 unspecified atom stereocenters. The highest BCUT2D eigenvalue weighted by Crippen LogP contribution is 2.25. The smallest absolute Gasteiger partial charge is 0.259 e. The Bertz CT molecular complexity index is 924. The van der Waals surface area contributed by atoms with Gasteiger partial charge >= 0.3 is 0 Å². The van der Waals surface area contributed by atoms with Crippen molar-refractivity contribution in [1.29, 1.82) is 0 Å². The monoisotopic (exact) mass is 395 g/mol. The van der Waals surface area contributed by atoms with Crippen molar-refractivity contribution in [1.82, 2.24) is 0 Å². The molecule has 144 valence electrons. The normalized spacial score (nSPS) is 10.6. The standard InChI is InChI=1S/C23H22ClNO3/c1-16(2)28-20-11-9-19(10-12-20)25-23(26)21-14-18(24)8-13-22(21)27-15-17-6-4-3-5-7-17/h3-14,16H,15H2,1-2H3,(H,25,26). The number of carbonyl (C=O) groups is 1. The number of anilines is 1. The number of halogens is 1. The van der Waals surface area contributed by atoms with Gasteiger partial charge in [-0.25, -0.2) is 0 Å². The molecule has 0 aliphatic rings. The molecule has 0 saturated carbocycles. The van der Waals surface area contributed by atoms with Gasteiger partial charge in [-0.1, -0.05) is 41.9 Å². The van der Waals surface area contributed by atoms with Crippen LogP contribution in [0.15, 0.2) is 72.8 Å². The van der Waals surface area contributed by atoms with Crippen LogP contribution in [0.1, 0.15) is 29.8 Å². The van der Waals surface area contributed by atoms with E-state index in [1.54, 1.807) is 30.3 Å². The zero-order valence-corrected chi connectivity index (χ0v) is 16.6. The molecule has 0 atom stereocenters. The lowest BCUT2D eigenvalue weighted by atomic mass is 10.1. The molecule has 4 nitrogen and oxygen atoms in total. The molecule has 3 aromatic rings. The minimum atomic E-state index is -0.289. The van der Waals surface area contributed by atoms with Gasteiger partial charge in [0.15, 0.2) is 0 Å². The fraction of sp³-hybridized carbons (Fsp3) is 0.174. The van der Waals surface area contributed by atoms with Crippen molar-refractivity contribution in [2.24, 2.45) is 0 Å². The SMILES string of the molecule is CC(C)Oc1ccc(NC(=O)c2cc(Cl)ccc2OCc2ccccc2)cc1. The Balaban J connectivity index is 1.72. The highest BCUT2D eigenvalue weighted by molar-refractivity contribution is 6.31. The predicted octanol–water partition coefficient (Wildman–Crippen LogP) is 5.96. The number of benzene rings is 3. The average Bonchev–Trinajstić information content (AvgIpc) is 2.69. The van der Waals surface area contributed by atoms with Crippen LogP contribution in [0.5, 0.6) is 11.5 Å². The van der Waals surface area contributed by atoms with Gasteiger partial charge in [-0.05, 0) is 61.9 Å². The summed E-state index contributed by atoms with van der Waals surface area (Å²) in [6.07, 6.45) is 0.0937. The van der Waals surface area contributed by atoms with Crippen molar-refractivity contribution in [3.05, 3.63) is 88.9 Å². The van der Waals surface area contributed by atoms with Crippen molar-refractivity contribution in [3.8, 4) is 11.5 Å². The molecule has 0 aliphatic heterocycles. The Morgan fingerprint density at radius 1 is 1.00 bits per heavy atom. The van der Waals surface area contributed by atoms with Crippen LogP contribution in [0.2, 0.25) is 5.02 Å². The summed E-state index contributed by atoms with van der Waals surface area (Å²) in [5.41, 5.74) is 2.06. The Morgan fingerprint density at radius 3 is 2.39 bits per heavy atom. The van der Waals surface area contributed by atoms with E-state index in [0.717, 1.165) is 11.3 Å². The molecule has 0 bridgehead atoms. The highest BCUT2D eigenvalue weighted by Gasteiger charge is 2.14. The number of hydrogen-bond donors (Lipinski definition) is 1. The lowest BCUT2D eigenvalue weighted by Crippen LogP contribution is -2.14. The first kappa shape index (κ1) is 19.8. The molecule has 0 heterocycles. The Kier molecular flexibility index (Phi) is 6.56. The first-order valence-corrected chi connectivity index (χ1v) is 9.43. The van der Waals surface area contributed by atoms with Gasteiger partial charge in [-0.15, -0.1) is 0 Å². The molecule has 0 spiro atoms. The van der Waals surface area contributed by atoms with Crippen LogP contribution in [0, 0.1) is 0 Å². The Hall–Kier alpha value is -2.98. The maximum absolute atomic E-state index is 12.8. The summed E-state index contributed by atoms with van der Waals surface area (Å²) >= 11 is 6.10. The molecule has 3 rings (SSSR count). The molecular weight excluding hydrogens is 374 g/mol. The Labute approximate surface area is 170 Å².